The molecule has 50 heavy (non-hydrogen) atoms. The maximum absolute atomic E-state index is 8.80. The molecule has 234 valence electrons. The fourth-order valence-electron chi connectivity index (χ4n) is 6.75. The molecular formula is C45H27N3OS. The lowest BCUT2D eigenvalue weighted by atomic mass is 9.98. The van der Waals surface area contributed by atoms with Crippen molar-refractivity contribution < 1.29 is 11.3 Å². The number of para-hydroxylation sites is 2. The SMILES string of the molecule is [2H]c1c([2H])c([2H])c(-c2ccccc2-c2nc(-c3cccc(-c4cccc5c4oc4ccccc45)c3)nc(-c3cccc4c3sc3ccccc34)n2)c([2H])c1[2H]. The van der Waals surface area contributed by atoms with E-state index in [0.717, 1.165) is 64.4 Å². The van der Waals surface area contributed by atoms with Crippen molar-refractivity contribution in [1.29, 1.82) is 0 Å². The van der Waals surface area contributed by atoms with E-state index in [1.54, 1.807) is 23.5 Å². The summed E-state index contributed by atoms with van der Waals surface area (Å²) in [6.45, 7) is 0. The molecule has 0 aliphatic heterocycles. The van der Waals surface area contributed by atoms with E-state index >= 15 is 0 Å². The van der Waals surface area contributed by atoms with Gasteiger partial charge in [0.25, 0.3) is 0 Å². The highest BCUT2D eigenvalue weighted by atomic mass is 32.1. The quantitative estimate of drug-likeness (QED) is 0.184. The second-order valence-electron chi connectivity index (χ2n) is 12.0. The fourth-order valence-corrected chi connectivity index (χ4v) is 7.96. The molecule has 0 saturated heterocycles. The zero-order valence-electron chi connectivity index (χ0n) is 31.4. The predicted octanol–water partition coefficient (Wildman–Crippen LogP) is 12.5. The first kappa shape index (κ1) is 23.8. The Hall–Kier alpha value is -6.43. The van der Waals surface area contributed by atoms with Gasteiger partial charge in [-0.1, -0.05) is 139 Å². The summed E-state index contributed by atoms with van der Waals surface area (Å²) >= 11 is 1.68. The Morgan fingerprint density at radius 3 is 1.96 bits per heavy atom. The van der Waals surface area contributed by atoms with E-state index in [4.69, 9.17) is 26.2 Å². The predicted molar refractivity (Wildman–Crippen MR) is 207 cm³/mol. The van der Waals surface area contributed by atoms with Crippen molar-refractivity contribution in [3.05, 3.63) is 164 Å². The molecule has 0 unspecified atom stereocenters. The van der Waals surface area contributed by atoms with Crippen LogP contribution in [-0.2, 0) is 0 Å². The summed E-state index contributed by atoms with van der Waals surface area (Å²) < 4.78 is 51.1. The average Bonchev–Trinajstić information content (AvgIpc) is 3.81. The molecule has 0 aliphatic carbocycles. The summed E-state index contributed by atoms with van der Waals surface area (Å²) in [5, 5.41) is 4.33. The number of rotatable bonds is 5. The topological polar surface area (TPSA) is 51.8 Å². The Morgan fingerprint density at radius 2 is 1.08 bits per heavy atom. The monoisotopic (exact) mass is 662 g/mol. The number of fused-ring (bicyclic) bond motifs is 6. The summed E-state index contributed by atoms with van der Waals surface area (Å²) in [6.07, 6.45) is 0. The Bertz CT molecular complexity index is 3160. The average molecular weight is 663 g/mol. The van der Waals surface area contributed by atoms with Crippen LogP contribution in [0.2, 0.25) is 0 Å². The van der Waals surface area contributed by atoms with E-state index in [1.165, 1.54) is 0 Å². The molecule has 3 aromatic heterocycles. The Balaban J connectivity index is 1.22. The van der Waals surface area contributed by atoms with Crippen molar-refractivity contribution in [2.45, 2.75) is 0 Å². The number of furan rings is 1. The molecule has 0 N–H and O–H groups in total. The first-order valence-corrected chi connectivity index (χ1v) is 17.0. The Kier molecular flexibility index (Phi) is 5.54. The number of thiophene rings is 1. The lowest BCUT2D eigenvalue weighted by Crippen LogP contribution is -2.01. The van der Waals surface area contributed by atoms with Gasteiger partial charge >= 0.3 is 0 Å². The van der Waals surface area contributed by atoms with E-state index in [1.807, 2.05) is 91.0 Å². The summed E-state index contributed by atoms with van der Waals surface area (Å²) in [5.74, 6) is 1.19. The van der Waals surface area contributed by atoms with Crippen molar-refractivity contribution in [3.63, 3.8) is 0 Å². The zero-order valence-corrected chi connectivity index (χ0v) is 27.2. The van der Waals surface area contributed by atoms with Gasteiger partial charge in [0.1, 0.15) is 11.2 Å². The summed E-state index contributed by atoms with van der Waals surface area (Å²) in [6, 6.07) is 41.9. The van der Waals surface area contributed by atoms with Crippen LogP contribution in [0, 0.1) is 0 Å². The third-order valence-electron chi connectivity index (χ3n) is 9.05. The van der Waals surface area contributed by atoms with Crippen LogP contribution in [0.3, 0.4) is 0 Å². The van der Waals surface area contributed by atoms with Crippen LogP contribution in [0.15, 0.2) is 168 Å². The van der Waals surface area contributed by atoms with Gasteiger partial charge in [-0.15, -0.1) is 11.3 Å². The summed E-state index contributed by atoms with van der Waals surface area (Å²) in [5.41, 5.74) is 6.08. The molecule has 0 spiro atoms. The normalized spacial score (nSPS) is 13.0. The number of nitrogens with zero attached hydrogens (tertiary/aromatic N) is 3. The van der Waals surface area contributed by atoms with Crippen molar-refractivity contribution in [3.8, 4) is 56.4 Å². The Morgan fingerprint density at radius 1 is 0.460 bits per heavy atom. The minimum absolute atomic E-state index is 0.0812. The van der Waals surface area contributed by atoms with Gasteiger partial charge < -0.3 is 4.42 Å². The van der Waals surface area contributed by atoms with E-state index in [9.17, 15) is 0 Å². The molecule has 0 bridgehead atoms. The van der Waals surface area contributed by atoms with Crippen LogP contribution in [0.25, 0.3) is 98.5 Å². The molecule has 4 nitrogen and oxygen atoms in total. The van der Waals surface area contributed by atoms with Gasteiger partial charge in [0.05, 0.1) is 6.85 Å². The zero-order chi connectivity index (χ0) is 37.4. The van der Waals surface area contributed by atoms with E-state index in [0.29, 0.717) is 28.6 Å². The molecule has 0 saturated carbocycles. The second kappa shape index (κ2) is 11.6. The first-order valence-electron chi connectivity index (χ1n) is 18.7. The molecule has 0 atom stereocenters. The molecule has 0 fully saturated rings. The highest BCUT2D eigenvalue weighted by Gasteiger charge is 2.19. The van der Waals surface area contributed by atoms with Gasteiger partial charge in [-0.3, -0.25) is 0 Å². The maximum Gasteiger partial charge on any atom is 0.165 e. The van der Waals surface area contributed by atoms with Gasteiger partial charge in [0.2, 0.25) is 0 Å². The van der Waals surface area contributed by atoms with E-state index in [2.05, 4.69) is 30.3 Å². The third kappa shape index (κ3) is 4.71. The van der Waals surface area contributed by atoms with Crippen molar-refractivity contribution in [2.75, 3.05) is 0 Å². The summed E-state index contributed by atoms with van der Waals surface area (Å²) in [4.78, 5) is 15.3. The van der Waals surface area contributed by atoms with Gasteiger partial charge in [0, 0.05) is 53.2 Å². The molecule has 0 radical (unpaired) electrons. The van der Waals surface area contributed by atoms with Crippen LogP contribution >= 0.6 is 11.3 Å². The molecule has 0 amide bonds. The summed E-state index contributed by atoms with van der Waals surface area (Å²) in [7, 11) is 0. The van der Waals surface area contributed by atoms with Crippen molar-refractivity contribution >= 4 is 53.4 Å². The molecule has 7 aromatic carbocycles. The minimum Gasteiger partial charge on any atom is -0.455 e. The number of hydrogen-bond acceptors (Lipinski definition) is 5. The van der Waals surface area contributed by atoms with Crippen LogP contribution < -0.4 is 0 Å². The number of aromatic nitrogens is 3. The van der Waals surface area contributed by atoms with E-state index < -0.39 is 18.1 Å². The molecule has 5 heteroatoms. The number of benzene rings is 7. The van der Waals surface area contributed by atoms with Crippen LogP contribution in [0.5, 0.6) is 0 Å². The lowest BCUT2D eigenvalue weighted by molar-refractivity contribution is 0.670. The maximum atomic E-state index is 8.80. The van der Waals surface area contributed by atoms with Gasteiger partial charge in [-0.2, -0.15) is 0 Å². The van der Waals surface area contributed by atoms with Crippen LogP contribution in [0.4, 0.5) is 0 Å². The fraction of sp³-hybridized carbons (Fsp3) is 0. The molecule has 3 heterocycles. The lowest BCUT2D eigenvalue weighted by Gasteiger charge is -2.13. The smallest absolute Gasteiger partial charge is 0.165 e. The van der Waals surface area contributed by atoms with Crippen LogP contribution in [-0.4, -0.2) is 15.0 Å². The molecule has 10 rings (SSSR count). The minimum atomic E-state index is -0.449. The van der Waals surface area contributed by atoms with Crippen molar-refractivity contribution in [1.82, 2.24) is 15.0 Å². The van der Waals surface area contributed by atoms with Gasteiger partial charge in [-0.25, -0.2) is 15.0 Å². The second-order valence-corrected chi connectivity index (χ2v) is 13.0. The number of hydrogen-bond donors (Lipinski definition) is 0. The van der Waals surface area contributed by atoms with Gasteiger partial charge in [-0.05, 0) is 41.0 Å². The largest absolute Gasteiger partial charge is 0.455 e. The third-order valence-corrected chi connectivity index (χ3v) is 10.3. The molecular weight excluding hydrogens is 631 g/mol. The first-order chi connectivity index (χ1) is 26.9. The highest BCUT2D eigenvalue weighted by molar-refractivity contribution is 7.26. The van der Waals surface area contributed by atoms with Crippen LogP contribution in [0.1, 0.15) is 6.85 Å². The molecule has 0 aliphatic rings. The highest BCUT2D eigenvalue weighted by Crippen LogP contribution is 2.41. The van der Waals surface area contributed by atoms with E-state index in [-0.39, 0.29) is 17.6 Å². The molecule has 10 aromatic rings. The van der Waals surface area contributed by atoms with Gasteiger partial charge in [0.15, 0.2) is 17.5 Å². The Labute approximate surface area is 299 Å². The van der Waals surface area contributed by atoms with Crippen molar-refractivity contribution in [2.24, 2.45) is 0 Å². The standard InChI is InChI=1S/C45H27N3OS/c1-2-13-28(14-3-1)31-17-4-5-20-37(31)44-46-43(47-45(48-44)38-24-12-23-36-34-19-7-9-26-40(34)50-42(36)38)30-16-10-15-29(27-30)32-21-11-22-35-33-18-6-8-25-39(33)49-41(32)35/h1-27H/i1D,2D,3D,13D,14D.